The Hall–Kier alpha value is -2.77. The van der Waals surface area contributed by atoms with E-state index in [9.17, 15) is 0 Å². The molecular weight excluding hydrogens is 320 g/mol. The number of nitrogens with two attached hydrogens (primary N) is 1. The summed E-state index contributed by atoms with van der Waals surface area (Å²) in [6.45, 7) is 1.95. The van der Waals surface area contributed by atoms with Gasteiger partial charge in [0.15, 0.2) is 23.3 Å². The van der Waals surface area contributed by atoms with Crippen molar-refractivity contribution >= 4 is 5.96 Å². The van der Waals surface area contributed by atoms with Crippen molar-refractivity contribution in [1.29, 1.82) is 0 Å². The van der Waals surface area contributed by atoms with E-state index in [1.807, 2.05) is 18.2 Å². The second-order valence-corrected chi connectivity index (χ2v) is 5.89. The van der Waals surface area contributed by atoms with E-state index < -0.39 is 0 Å². The van der Waals surface area contributed by atoms with Gasteiger partial charge in [-0.1, -0.05) is 6.07 Å². The molecule has 1 aromatic heterocycles. The van der Waals surface area contributed by atoms with Crippen LogP contribution in [0.5, 0.6) is 11.5 Å². The molecule has 0 amide bonds. The largest absolute Gasteiger partial charge is 0.493 e. The second kappa shape index (κ2) is 7.87. The normalized spacial score (nSPS) is 14.1. The zero-order chi connectivity index (χ0) is 17.6. The number of nitrogens with one attached hydrogen (secondary N) is 1. The first-order valence-electron chi connectivity index (χ1n) is 8.37. The number of rotatable bonds is 6. The van der Waals surface area contributed by atoms with Crippen molar-refractivity contribution in [2.45, 2.75) is 38.9 Å². The minimum Gasteiger partial charge on any atom is -0.493 e. The number of fused-ring (bicyclic) bond motifs is 1. The monoisotopic (exact) mass is 344 g/mol. The maximum absolute atomic E-state index is 5.97. The molecule has 0 atom stereocenters. The lowest BCUT2D eigenvalue weighted by atomic mass is 10.2. The summed E-state index contributed by atoms with van der Waals surface area (Å²) >= 11 is 0. The maximum Gasteiger partial charge on any atom is 0.189 e. The lowest BCUT2D eigenvalue weighted by Gasteiger charge is -2.15. The van der Waals surface area contributed by atoms with Gasteiger partial charge in [0, 0.05) is 13.0 Å². The fourth-order valence-electron chi connectivity index (χ4n) is 2.88. The quantitative estimate of drug-likeness (QED) is 0.604. The number of aliphatic imine (C=N–C) groups is 1. The van der Waals surface area contributed by atoms with Gasteiger partial charge in [-0.25, -0.2) is 4.99 Å². The fourth-order valence-corrected chi connectivity index (χ4v) is 2.88. The first kappa shape index (κ1) is 17.1. The number of nitrogens with zero attached hydrogens (tertiary/aromatic N) is 4. The summed E-state index contributed by atoms with van der Waals surface area (Å²) in [4.78, 5) is 4.37. The molecule has 0 aliphatic carbocycles. The van der Waals surface area contributed by atoms with E-state index in [1.54, 1.807) is 14.2 Å². The Balaban J connectivity index is 1.58. The molecule has 0 bridgehead atoms. The van der Waals surface area contributed by atoms with Gasteiger partial charge in [0.1, 0.15) is 5.82 Å². The van der Waals surface area contributed by atoms with Crippen LogP contribution in [-0.4, -0.2) is 34.9 Å². The minimum atomic E-state index is 0.378. The molecule has 3 N–H and O–H groups in total. The molecule has 1 aromatic carbocycles. The van der Waals surface area contributed by atoms with Crippen molar-refractivity contribution in [3.63, 3.8) is 0 Å². The Morgan fingerprint density at radius 3 is 2.88 bits per heavy atom. The molecule has 2 heterocycles. The first-order chi connectivity index (χ1) is 12.2. The maximum atomic E-state index is 5.97. The topological polar surface area (TPSA) is 99.6 Å². The number of benzene rings is 1. The molecule has 1 aliphatic heterocycles. The molecule has 134 valence electrons. The zero-order valence-corrected chi connectivity index (χ0v) is 14.7. The van der Waals surface area contributed by atoms with Crippen LogP contribution in [0.15, 0.2) is 23.2 Å². The molecule has 0 unspecified atom stereocenters. The SMILES string of the molecule is COc1ccc(CN=C(N)NCc2nnc3n2CCCC3)cc1OC. The van der Waals surface area contributed by atoms with E-state index in [0.29, 0.717) is 30.5 Å². The number of hydrogen-bond donors (Lipinski definition) is 2. The Morgan fingerprint density at radius 1 is 1.24 bits per heavy atom. The molecule has 1 aliphatic rings. The van der Waals surface area contributed by atoms with E-state index >= 15 is 0 Å². The summed E-state index contributed by atoms with van der Waals surface area (Å²) in [6, 6.07) is 5.69. The van der Waals surface area contributed by atoms with Gasteiger partial charge in [0.25, 0.3) is 0 Å². The predicted octanol–water partition coefficient (Wildman–Crippen LogP) is 1.24. The summed E-state index contributed by atoms with van der Waals surface area (Å²) in [5, 5.41) is 11.6. The van der Waals surface area contributed by atoms with Gasteiger partial charge in [0.05, 0.1) is 27.3 Å². The van der Waals surface area contributed by atoms with Crippen LogP contribution in [-0.2, 0) is 26.1 Å². The number of methoxy groups -OCH3 is 2. The third kappa shape index (κ3) is 4.01. The van der Waals surface area contributed by atoms with Gasteiger partial charge in [-0.2, -0.15) is 0 Å². The minimum absolute atomic E-state index is 0.378. The molecule has 2 aromatic rings. The van der Waals surface area contributed by atoms with Crippen LogP contribution in [0.3, 0.4) is 0 Å². The third-order valence-electron chi connectivity index (χ3n) is 4.24. The zero-order valence-electron chi connectivity index (χ0n) is 14.7. The highest BCUT2D eigenvalue weighted by molar-refractivity contribution is 5.77. The third-order valence-corrected chi connectivity index (χ3v) is 4.24. The summed E-state index contributed by atoms with van der Waals surface area (Å²) in [5.41, 5.74) is 6.95. The molecule has 0 saturated carbocycles. The molecule has 0 radical (unpaired) electrons. The van der Waals surface area contributed by atoms with E-state index in [1.165, 1.54) is 12.8 Å². The number of guanidine groups is 1. The van der Waals surface area contributed by atoms with Crippen LogP contribution < -0.4 is 20.5 Å². The molecule has 8 nitrogen and oxygen atoms in total. The summed E-state index contributed by atoms with van der Waals surface area (Å²) < 4.78 is 12.7. The lowest BCUT2D eigenvalue weighted by molar-refractivity contribution is 0.354. The van der Waals surface area contributed by atoms with Crippen molar-refractivity contribution in [3.8, 4) is 11.5 Å². The Kier molecular flexibility index (Phi) is 5.37. The van der Waals surface area contributed by atoms with Crippen LogP contribution >= 0.6 is 0 Å². The summed E-state index contributed by atoms with van der Waals surface area (Å²) in [7, 11) is 3.22. The van der Waals surface area contributed by atoms with Crippen LogP contribution in [0.25, 0.3) is 0 Å². The number of ether oxygens (including phenoxy) is 2. The molecule has 0 saturated heterocycles. The molecule has 25 heavy (non-hydrogen) atoms. The summed E-state index contributed by atoms with van der Waals surface area (Å²) in [5.74, 6) is 3.71. The molecular formula is C17H24N6O2. The summed E-state index contributed by atoms with van der Waals surface area (Å²) in [6.07, 6.45) is 3.34. The van der Waals surface area contributed by atoms with Gasteiger partial charge in [-0.15, -0.1) is 10.2 Å². The van der Waals surface area contributed by atoms with Crippen LogP contribution in [0.4, 0.5) is 0 Å². The van der Waals surface area contributed by atoms with Crippen molar-refractivity contribution in [1.82, 2.24) is 20.1 Å². The Morgan fingerprint density at radius 2 is 2.08 bits per heavy atom. The fraction of sp³-hybridized carbons (Fsp3) is 0.471. The molecule has 8 heteroatoms. The highest BCUT2D eigenvalue weighted by Gasteiger charge is 2.15. The van der Waals surface area contributed by atoms with Crippen molar-refractivity contribution in [3.05, 3.63) is 35.4 Å². The van der Waals surface area contributed by atoms with E-state index in [2.05, 4.69) is 25.1 Å². The van der Waals surface area contributed by atoms with Crippen molar-refractivity contribution < 1.29 is 9.47 Å². The van der Waals surface area contributed by atoms with Crippen molar-refractivity contribution in [2.24, 2.45) is 10.7 Å². The number of aromatic nitrogens is 3. The van der Waals surface area contributed by atoms with Crippen LogP contribution in [0, 0.1) is 0 Å². The molecule has 0 fully saturated rings. The lowest BCUT2D eigenvalue weighted by Crippen LogP contribution is -2.32. The van der Waals surface area contributed by atoms with Crippen LogP contribution in [0.1, 0.15) is 30.1 Å². The second-order valence-electron chi connectivity index (χ2n) is 5.89. The van der Waals surface area contributed by atoms with E-state index in [-0.39, 0.29) is 0 Å². The number of hydrogen-bond acceptors (Lipinski definition) is 5. The van der Waals surface area contributed by atoms with Gasteiger partial charge in [0.2, 0.25) is 0 Å². The smallest absolute Gasteiger partial charge is 0.189 e. The average Bonchev–Trinajstić information content (AvgIpc) is 3.07. The standard InChI is InChI=1S/C17H24N6O2/c1-24-13-7-6-12(9-14(13)25-2)10-19-17(18)20-11-16-22-21-15-5-3-4-8-23(15)16/h6-7,9H,3-5,8,10-11H2,1-2H3,(H3,18,19,20). The van der Waals surface area contributed by atoms with Gasteiger partial charge in [-0.05, 0) is 30.5 Å². The van der Waals surface area contributed by atoms with E-state index in [4.69, 9.17) is 15.2 Å². The number of aryl methyl sites for hydroxylation is 1. The highest BCUT2D eigenvalue weighted by Crippen LogP contribution is 2.27. The Bertz CT molecular complexity index is 756. The molecule has 3 rings (SSSR count). The van der Waals surface area contributed by atoms with Gasteiger partial charge < -0.3 is 25.1 Å². The van der Waals surface area contributed by atoms with Gasteiger partial charge >= 0.3 is 0 Å². The Labute approximate surface area is 147 Å². The highest BCUT2D eigenvalue weighted by atomic mass is 16.5. The van der Waals surface area contributed by atoms with E-state index in [0.717, 1.165) is 30.2 Å². The first-order valence-corrected chi connectivity index (χ1v) is 8.37. The average molecular weight is 344 g/mol. The van der Waals surface area contributed by atoms with Gasteiger partial charge in [-0.3, -0.25) is 0 Å². The predicted molar refractivity (Wildman–Crippen MR) is 94.7 cm³/mol. The molecule has 0 spiro atoms. The van der Waals surface area contributed by atoms with Crippen LogP contribution in [0.2, 0.25) is 0 Å². The van der Waals surface area contributed by atoms with Crippen molar-refractivity contribution in [2.75, 3.05) is 14.2 Å².